The first-order chi connectivity index (χ1) is 6.95. The number of rotatable bonds is 2. The predicted octanol–water partition coefficient (Wildman–Crippen LogP) is 2.62. The van der Waals surface area contributed by atoms with E-state index in [1.165, 1.54) is 12.1 Å². The molecular weight excluding hydrogens is 205 g/mol. The SMILES string of the molecule is N#CC[C@H](N)c1cccc(C(F)(F)F)c1. The van der Waals surface area contributed by atoms with Crippen molar-refractivity contribution in [3.8, 4) is 6.07 Å². The lowest BCUT2D eigenvalue weighted by Gasteiger charge is -2.11. The summed E-state index contributed by atoms with van der Waals surface area (Å²) >= 11 is 0. The van der Waals surface area contributed by atoms with Crippen molar-refractivity contribution >= 4 is 0 Å². The lowest BCUT2D eigenvalue weighted by molar-refractivity contribution is -0.137. The first kappa shape index (κ1) is 11.5. The van der Waals surface area contributed by atoms with Gasteiger partial charge in [0.15, 0.2) is 0 Å². The molecular formula is C10H9F3N2. The number of nitrogens with two attached hydrogens (primary N) is 1. The van der Waals surface area contributed by atoms with E-state index in [1.807, 2.05) is 6.07 Å². The Bertz CT molecular complexity index is 379. The van der Waals surface area contributed by atoms with Gasteiger partial charge in [-0.2, -0.15) is 18.4 Å². The maximum atomic E-state index is 12.3. The largest absolute Gasteiger partial charge is 0.416 e. The first-order valence-corrected chi connectivity index (χ1v) is 4.25. The highest BCUT2D eigenvalue weighted by atomic mass is 19.4. The van der Waals surface area contributed by atoms with Crippen LogP contribution in [0.4, 0.5) is 13.2 Å². The van der Waals surface area contributed by atoms with E-state index in [-0.39, 0.29) is 6.42 Å². The smallest absolute Gasteiger partial charge is 0.323 e. The second kappa shape index (κ2) is 4.32. The number of hydrogen-bond donors (Lipinski definition) is 1. The molecule has 0 saturated heterocycles. The Kier molecular flexibility index (Phi) is 3.32. The van der Waals surface area contributed by atoms with E-state index in [2.05, 4.69) is 0 Å². The number of halogens is 3. The third-order valence-electron chi connectivity index (χ3n) is 1.95. The van der Waals surface area contributed by atoms with Crippen LogP contribution in [-0.4, -0.2) is 0 Å². The van der Waals surface area contributed by atoms with Crippen molar-refractivity contribution in [3.05, 3.63) is 35.4 Å². The molecule has 0 radical (unpaired) electrons. The van der Waals surface area contributed by atoms with E-state index in [0.29, 0.717) is 5.56 Å². The third kappa shape index (κ3) is 2.96. The van der Waals surface area contributed by atoms with Gasteiger partial charge in [-0.3, -0.25) is 0 Å². The topological polar surface area (TPSA) is 49.8 Å². The zero-order valence-electron chi connectivity index (χ0n) is 7.75. The first-order valence-electron chi connectivity index (χ1n) is 4.25. The molecule has 0 aliphatic heterocycles. The Hall–Kier alpha value is -1.54. The molecule has 0 aliphatic carbocycles. The fraction of sp³-hybridized carbons (Fsp3) is 0.300. The number of nitriles is 1. The van der Waals surface area contributed by atoms with Crippen LogP contribution in [0, 0.1) is 11.3 Å². The van der Waals surface area contributed by atoms with Crippen molar-refractivity contribution in [3.63, 3.8) is 0 Å². The highest BCUT2D eigenvalue weighted by molar-refractivity contribution is 5.28. The molecule has 2 nitrogen and oxygen atoms in total. The Morgan fingerprint density at radius 3 is 2.60 bits per heavy atom. The van der Waals surface area contributed by atoms with Gasteiger partial charge in [0.25, 0.3) is 0 Å². The molecule has 0 spiro atoms. The summed E-state index contributed by atoms with van der Waals surface area (Å²) in [6, 6.07) is 5.87. The molecule has 1 aromatic rings. The van der Waals surface area contributed by atoms with Crippen molar-refractivity contribution in [1.82, 2.24) is 0 Å². The Morgan fingerprint density at radius 2 is 2.07 bits per heavy atom. The van der Waals surface area contributed by atoms with Crippen molar-refractivity contribution in [2.45, 2.75) is 18.6 Å². The van der Waals surface area contributed by atoms with Crippen LogP contribution >= 0.6 is 0 Å². The average Bonchev–Trinajstić information content (AvgIpc) is 2.17. The van der Waals surface area contributed by atoms with Crippen LogP contribution < -0.4 is 5.73 Å². The fourth-order valence-electron chi connectivity index (χ4n) is 1.16. The van der Waals surface area contributed by atoms with E-state index in [4.69, 9.17) is 11.0 Å². The number of benzene rings is 1. The maximum Gasteiger partial charge on any atom is 0.416 e. The third-order valence-corrected chi connectivity index (χ3v) is 1.95. The Balaban J connectivity index is 2.99. The van der Waals surface area contributed by atoms with Crippen molar-refractivity contribution < 1.29 is 13.2 Å². The zero-order chi connectivity index (χ0) is 11.5. The highest BCUT2D eigenvalue weighted by Gasteiger charge is 2.30. The van der Waals surface area contributed by atoms with Crippen molar-refractivity contribution in [2.75, 3.05) is 0 Å². The molecule has 0 unspecified atom stereocenters. The average molecular weight is 214 g/mol. The molecule has 80 valence electrons. The number of alkyl halides is 3. The van der Waals surface area contributed by atoms with Gasteiger partial charge >= 0.3 is 6.18 Å². The van der Waals surface area contributed by atoms with Crippen LogP contribution in [-0.2, 0) is 6.18 Å². The lowest BCUT2D eigenvalue weighted by atomic mass is 10.0. The summed E-state index contributed by atoms with van der Waals surface area (Å²) in [5.41, 5.74) is 5.11. The van der Waals surface area contributed by atoms with Gasteiger partial charge in [-0.25, -0.2) is 0 Å². The maximum absolute atomic E-state index is 12.3. The summed E-state index contributed by atoms with van der Waals surface area (Å²) in [5, 5.41) is 8.37. The van der Waals surface area contributed by atoms with Gasteiger partial charge < -0.3 is 5.73 Å². The van der Waals surface area contributed by atoms with Crippen LogP contribution in [0.2, 0.25) is 0 Å². The van der Waals surface area contributed by atoms with Crippen LogP contribution in [0.5, 0.6) is 0 Å². The van der Waals surface area contributed by atoms with E-state index < -0.39 is 17.8 Å². The van der Waals surface area contributed by atoms with Gasteiger partial charge in [-0.15, -0.1) is 0 Å². The van der Waals surface area contributed by atoms with Crippen LogP contribution in [0.3, 0.4) is 0 Å². The number of nitrogens with zero attached hydrogens (tertiary/aromatic N) is 1. The van der Waals surface area contributed by atoms with Crippen molar-refractivity contribution in [2.24, 2.45) is 5.73 Å². The quantitative estimate of drug-likeness (QED) is 0.822. The molecule has 0 aromatic heterocycles. The van der Waals surface area contributed by atoms with Crippen LogP contribution in [0.1, 0.15) is 23.6 Å². The summed E-state index contributed by atoms with van der Waals surface area (Å²) in [7, 11) is 0. The normalized spacial score (nSPS) is 13.3. The molecule has 0 amide bonds. The summed E-state index contributed by atoms with van der Waals surface area (Å²) in [5.74, 6) is 0. The standard InChI is InChI=1S/C10H9F3N2/c11-10(12,13)8-3-1-2-7(6-8)9(15)4-5-14/h1-3,6,9H,4,15H2/t9-/m0/s1. The van der Waals surface area contributed by atoms with Gasteiger partial charge in [0.2, 0.25) is 0 Å². The summed E-state index contributed by atoms with van der Waals surface area (Å²) in [4.78, 5) is 0. The minimum Gasteiger partial charge on any atom is -0.323 e. The van der Waals surface area contributed by atoms with Gasteiger partial charge in [0.1, 0.15) is 0 Å². The molecule has 0 heterocycles. The molecule has 0 fully saturated rings. The lowest BCUT2D eigenvalue weighted by Crippen LogP contribution is -2.11. The minimum absolute atomic E-state index is 0.00130. The summed E-state index contributed by atoms with van der Waals surface area (Å²) in [6.07, 6.45) is -4.37. The van der Waals surface area contributed by atoms with Gasteiger partial charge in [0.05, 0.1) is 18.1 Å². The van der Waals surface area contributed by atoms with Gasteiger partial charge in [-0.05, 0) is 17.7 Å². The molecule has 1 rings (SSSR count). The zero-order valence-corrected chi connectivity index (χ0v) is 7.75. The molecule has 1 aromatic carbocycles. The van der Waals surface area contributed by atoms with Gasteiger partial charge in [0, 0.05) is 6.04 Å². The van der Waals surface area contributed by atoms with Gasteiger partial charge in [-0.1, -0.05) is 12.1 Å². The van der Waals surface area contributed by atoms with Crippen LogP contribution in [0.25, 0.3) is 0 Å². The van der Waals surface area contributed by atoms with E-state index in [0.717, 1.165) is 12.1 Å². The second-order valence-electron chi connectivity index (χ2n) is 3.09. The van der Waals surface area contributed by atoms with Crippen LogP contribution in [0.15, 0.2) is 24.3 Å². The summed E-state index contributed by atoms with van der Waals surface area (Å²) < 4.78 is 36.9. The number of hydrogen-bond acceptors (Lipinski definition) is 2. The molecule has 1 atom stereocenters. The van der Waals surface area contributed by atoms with Crippen molar-refractivity contribution in [1.29, 1.82) is 5.26 Å². The predicted molar refractivity (Wildman–Crippen MR) is 48.6 cm³/mol. The van der Waals surface area contributed by atoms with E-state index in [9.17, 15) is 13.2 Å². The molecule has 2 N–H and O–H groups in total. The second-order valence-corrected chi connectivity index (χ2v) is 3.09. The molecule has 0 bridgehead atoms. The molecule has 0 aliphatic rings. The molecule has 15 heavy (non-hydrogen) atoms. The highest BCUT2D eigenvalue weighted by Crippen LogP contribution is 2.30. The summed E-state index contributed by atoms with van der Waals surface area (Å²) in [6.45, 7) is 0. The molecule has 0 saturated carbocycles. The minimum atomic E-state index is -4.37. The Labute approximate surface area is 85.1 Å². The molecule has 5 heteroatoms. The van der Waals surface area contributed by atoms with E-state index in [1.54, 1.807) is 0 Å². The fourth-order valence-corrected chi connectivity index (χ4v) is 1.16. The Morgan fingerprint density at radius 1 is 1.40 bits per heavy atom. The van der Waals surface area contributed by atoms with E-state index >= 15 is 0 Å². The monoisotopic (exact) mass is 214 g/mol.